The highest BCUT2D eigenvalue weighted by atomic mass is 16.7. The van der Waals surface area contributed by atoms with Crippen molar-refractivity contribution in [2.75, 3.05) is 20.8 Å². The quantitative estimate of drug-likeness (QED) is 0.165. The van der Waals surface area contributed by atoms with E-state index in [9.17, 15) is 39.6 Å². The van der Waals surface area contributed by atoms with Crippen LogP contribution >= 0.6 is 0 Å². The molecule has 3 fully saturated rings. The molecule has 15 atom stereocenters. The summed E-state index contributed by atoms with van der Waals surface area (Å²) in [6, 6.07) is -1.13. The monoisotopic (exact) mass is 791 g/mol. The third-order valence-corrected chi connectivity index (χ3v) is 13.0. The normalized spacial score (nSPS) is 41.7. The van der Waals surface area contributed by atoms with E-state index in [4.69, 9.17) is 18.9 Å². The fraction of sp³-hybridized carbons (Fsp3) is 0.814. The van der Waals surface area contributed by atoms with Gasteiger partial charge in [-0.05, 0) is 95.3 Å². The molecule has 56 heavy (non-hydrogen) atoms. The fourth-order valence-corrected chi connectivity index (χ4v) is 9.65. The smallest absolute Gasteiger partial charge is 0.329 e. The van der Waals surface area contributed by atoms with Crippen LogP contribution in [0.4, 0.5) is 0 Å². The summed E-state index contributed by atoms with van der Waals surface area (Å²) in [5, 5.41) is 44.2. The third-order valence-electron chi connectivity index (χ3n) is 13.0. The molecule has 13 nitrogen and oxygen atoms in total. The van der Waals surface area contributed by atoms with Gasteiger partial charge in [-0.3, -0.25) is 14.4 Å². The predicted octanol–water partition coefficient (Wildman–Crippen LogP) is 4.06. The molecule has 318 valence electrons. The zero-order chi connectivity index (χ0) is 41.5. The molecule has 1 saturated carbocycles. The molecule has 13 heteroatoms. The Balaban J connectivity index is 1.75. The molecule has 2 bridgehead atoms. The Kier molecular flexibility index (Phi) is 16.9. The van der Waals surface area contributed by atoms with Gasteiger partial charge in [0.2, 0.25) is 5.79 Å². The largest absolute Gasteiger partial charge is 0.460 e. The number of hydrogen-bond donors (Lipinski definition) is 4. The molecule has 0 aromatic rings. The molecule has 0 radical (unpaired) electrons. The number of esters is 1. The van der Waals surface area contributed by atoms with E-state index in [2.05, 4.69) is 6.58 Å². The van der Waals surface area contributed by atoms with Crippen molar-refractivity contribution in [3.8, 4) is 0 Å². The van der Waals surface area contributed by atoms with Gasteiger partial charge in [0.1, 0.15) is 24.0 Å². The van der Waals surface area contributed by atoms with Crippen molar-refractivity contribution in [2.45, 2.75) is 166 Å². The van der Waals surface area contributed by atoms with Gasteiger partial charge in [0.05, 0.1) is 30.5 Å². The van der Waals surface area contributed by atoms with E-state index in [1.807, 2.05) is 26.8 Å². The van der Waals surface area contributed by atoms with Gasteiger partial charge in [-0.25, -0.2) is 4.79 Å². The third kappa shape index (κ3) is 10.9. The zero-order valence-electron chi connectivity index (χ0n) is 34.6. The van der Waals surface area contributed by atoms with Crippen molar-refractivity contribution in [2.24, 2.45) is 35.5 Å². The van der Waals surface area contributed by atoms with E-state index < -0.39 is 90.0 Å². The molecule has 1 amide bonds. The minimum Gasteiger partial charge on any atom is -0.460 e. The van der Waals surface area contributed by atoms with E-state index in [0.717, 1.165) is 5.57 Å². The summed E-state index contributed by atoms with van der Waals surface area (Å²) in [6.45, 7) is 13.2. The van der Waals surface area contributed by atoms with Gasteiger partial charge in [-0.2, -0.15) is 0 Å². The fourth-order valence-electron chi connectivity index (χ4n) is 9.65. The van der Waals surface area contributed by atoms with Crippen LogP contribution in [0.5, 0.6) is 0 Å². The van der Waals surface area contributed by atoms with E-state index >= 15 is 0 Å². The number of allylic oxidation sites excluding steroid dienone is 3. The first-order valence-electron chi connectivity index (χ1n) is 20.8. The Morgan fingerprint density at radius 2 is 1.62 bits per heavy atom. The summed E-state index contributed by atoms with van der Waals surface area (Å²) in [6.07, 6.45) is 2.59. The number of carbonyl (C=O) groups is 4. The van der Waals surface area contributed by atoms with Gasteiger partial charge < -0.3 is 44.3 Å². The number of rotatable bonds is 7. The van der Waals surface area contributed by atoms with Crippen LogP contribution < -0.4 is 0 Å². The lowest BCUT2D eigenvalue weighted by atomic mass is 9.76. The average Bonchev–Trinajstić information content (AvgIpc) is 3.16. The SMILES string of the molecule is C=CCC1/C=C(\C)C[C@H](C)C[C@H](OC)C2O[C@@](O)(C(=O)C(=O)N3CCCC[C@H]3C(=O)O[C@H](C(C)C[C@@H]3CC[C@@H](O)[C@H](O)C3)[C@H](C)[C@@H](O)CC1=O)[C@H](C)C[C@@H]2OC. The highest BCUT2D eigenvalue weighted by Gasteiger charge is 2.56. The minimum atomic E-state index is -2.51. The van der Waals surface area contributed by atoms with Crippen LogP contribution in [-0.2, 0) is 38.1 Å². The van der Waals surface area contributed by atoms with Gasteiger partial charge in [0.25, 0.3) is 11.7 Å². The molecular formula is C43H69NO12. The molecular weight excluding hydrogens is 722 g/mol. The van der Waals surface area contributed by atoms with Crippen LogP contribution in [0.15, 0.2) is 24.3 Å². The molecule has 0 aromatic carbocycles. The Labute approximate surface area is 333 Å². The zero-order valence-corrected chi connectivity index (χ0v) is 34.6. The van der Waals surface area contributed by atoms with Gasteiger partial charge in [-0.15, -0.1) is 6.58 Å². The Bertz CT molecular complexity index is 1400. The summed E-state index contributed by atoms with van der Waals surface area (Å²) < 4.78 is 24.2. The van der Waals surface area contributed by atoms with Crippen LogP contribution in [0.25, 0.3) is 0 Å². The number of methoxy groups -OCH3 is 2. The molecule has 3 unspecified atom stereocenters. The van der Waals surface area contributed by atoms with E-state index in [1.165, 1.54) is 19.1 Å². The summed E-state index contributed by atoms with van der Waals surface area (Å²) in [5.41, 5.74) is 0.955. The number of hydrogen-bond acceptors (Lipinski definition) is 12. The van der Waals surface area contributed by atoms with Gasteiger partial charge in [-0.1, -0.05) is 45.4 Å². The number of fused-ring (bicyclic) bond motifs is 3. The van der Waals surface area contributed by atoms with Crippen molar-refractivity contribution >= 4 is 23.4 Å². The molecule has 0 spiro atoms. The molecule has 4 N–H and O–H groups in total. The topological polar surface area (TPSA) is 189 Å². The number of aliphatic hydroxyl groups excluding tert-OH is 3. The lowest BCUT2D eigenvalue weighted by Gasteiger charge is -2.47. The second kappa shape index (κ2) is 20.4. The highest BCUT2D eigenvalue weighted by Crippen LogP contribution is 2.39. The van der Waals surface area contributed by atoms with Crippen LogP contribution in [-0.4, -0.2) is 124 Å². The predicted molar refractivity (Wildman–Crippen MR) is 208 cm³/mol. The lowest BCUT2D eigenvalue weighted by molar-refractivity contribution is -0.302. The Morgan fingerprint density at radius 1 is 0.946 bits per heavy atom. The first-order chi connectivity index (χ1) is 26.4. The second-order valence-corrected chi connectivity index (χ2v) is 17.5. The van der Waals surface area contributed by atoms with Crippen LogP contribution in [0.1, 0.15) is 112 Å². The number of piperidine rings is 1. The van der Waals surface area contributed by atoms with E-state index in [1.54, 1.807) is 19.9 Å². The van der Waals surface area contributed by atoms with E-state index in [0.29, 0.717) is 57.8 Å². The number of ether oxygens (including phenoxy) is 4. The Hall–Kier alpha value is -2.52. The molecule has 3 heterocycles. The number of aliphatic hydroxyl groups is 4. The molecule has 4 rings (SSSR count). The van der Waals surface area contributed by atoms with Crippen molar-refractivity contribution in [3.05, 3.63) is 24.3 Å². The highest BCUT2D eigenvalue weighted by molar-refractivity contribution is 6.39. The number of amides is 1. The van der Waals surface area contributed by atoms with Crippen LogP contribution in [0.3, 0.4) is 0 Å². The number of cyclic esters (lactones) is 1. The first-order valence-corrected chi connectivity index (χ1v) is 20.8. The summed E-state index contributed by atoms with van der Waals surface area (Å²) in [4.78, 5) is 57.7. The average molecular weight is 792 g/mol. The van der Waals surface area contributed by atoms with Crippen LogP contribution in [0.2, 0.25) is 0 Å². The molecule has 1 aliphatic carbocycles. The summed E-state index contributed by atoms with van der Waals surface area (Å²) in [7, 11) is 3.05. The Morgan fingerprint density at radius 3 is 2.27 bits per heavy atom. The molecule has 2 saturated heterocycles. The standard InChI is InChI=1S/C43H69NO12/c1-9-12-30-18-24(2)17-25(3)19-36(53-7)39-37(54-8)21-27(5)43(52,56-39)40(49)41(50)44-16-11-10-13-31(44)42(51)55-38(28(6)33(46)23-34(30)47)26(4)20-29-14-15-32(45)35(48)22-29/h9,18,25-33,35-39,45-46,48,52H,1,10-17,19-23H2,2-8H3/b24-18+/t25-,26?,27+,28+,29-,30?,31-,32+,33-,35+,36-,37-,38+,39?,43+/m0/s1. The van der Waals surface area contributed by atoms with Gasteiger partial charge in [0, 0.05) is 44.9 Å². The summed E-state index contributed by atoms with van der Waals surface area (Å²) in [5.74, 6) is -8.02. The van der Waals surface area contributed by atoms with E-state index in [-0.39, 0.29) is 49.3 Å². The number of nitrogens with zero attached hydrogens (tertiary/aromatic N) is 1. The number of Topliss-reactive ketones (excluding diaryl/α,β-unsaturated/α-hetero) is 2. The summed E-state index contributed by atoms with van der Waals surface area (Å²) >= 11 is 0. The van der Waals surface area contributed by atoms with Crippen molar-refractivity contribution in [1.82, 2.24) is 4.90 Å². The van der Waals surface area contributed by atoms with Crippen molar-refractivity contribution < 1.29 is 58.6 Å². The maximum Gasteiger partial charge on any atom is 0.329 e. The first kappa shape index (κ1) is 46.2. The second-order valence-electron chi connectivity index (χ2n) is 17.5. The van der Waals surface area contributed by atoms with Crippen molar-refractivity contribution in [3.63, 3.8) is 0 Å². The maximum atomic E-state index is 14.3. The molecule has 0 aromatic heterocycles. The number of ketones is 2. The van der Waals surface area contributed by atoms with Gasteiger partial charge in [0.15, 0.2) is 0 Å². The molecule has 3 aliphatic heterocycles. The van der Waals surface area contributed by atoms with Crippen LogP contribution in [0, 0.1) is 35.5 Å². The maximum absolute atomic E-state index is 14.3. The van der Waals surface area contributed by atoms with Crippen molar-refractivity contribution in [1.29, 1.82) is 0 Å². The lowest BCUT2D eigenvalue weighted by Crippen LogP contribution is -2.64. The van der Waals surface area contributed by atoms with Gasteiger partial charge >= 0.3 is 5.97 Å². The number of carbonyl (C=O) groups excluding carboxylic acids is 4. The minimum absolute atomic E-state index is 0.00865. The molecule has 4 aliphatic rings.